The van der Waals surface area contributed by atoms with Crippen LogP contribution in [0.1, 0.15) is 29.2 Å². The van der Waals surface area contributed by atoms with Gasteiger partial charge in [0.05, 0.1) is 12.8 Å². The van der Waals surface area contributed by atoms with Crippen molar-refractivity contribution in [2.45, 2.75) is 27.7 Å². The molecule has 37 heavy (non-hydrogen) atoms. The van der Waals surface area contributed by atoms with Gasteiger partial charge in [0.15, 0.2) is 18.1 Å². The summed E-state index contributed by atoms with van der Waals surface area (Å²) in [6.07, 6.45) is 1.37. The van der Waals surface area contributed by atoms with Gasteiger partial charge in [0.1, 0.15) is 0 Å². The van der Waals surface area contributed by atoms with Crippen molar-refractivity contribution in [3.63, 3.8) is 0 Å². The normalized spacial score (nSPS) is 10.6. The van der Waals surface area contributed by atoms with Crippen LogP contribution in [0.15, 0.2) is 65.8 Å². The minimum absolute atomic E-state index is 0.202. The Morgan fingerprint density at radius 1 is 0.784 bits per heavy atom. The highest BCUT2D eigenvalue weighted by molar-refractivity contribution is 6.39. The second kappa shape index (κ2) is 12.9. The first-order valence-corrected chi connectivity index (χ1v) is 11.7. The Balaban J connectivity index is 1.55. The fraction of sp³-hybridized carbons (Fsp3) is 0.214. The molecule has 3 N–H and O–H groups in total. The van der Waals surface area contributed by atoms with E-state index in [1.165, 1.54) is 6.21 Å². The molecular weight excluding hydrogens is 472 g/mol. The second-order valence-electron chi connectivity index (χ2n) is 8.29. The van der Waals surface area contributed by atoms with Crippen LogP contribution >= 0.6 is 0 Å². The monoisotopic (exact) mass is 502 g/mol. The van der Waals surface area contributed by atoms with Crippen LogP contribution in [0.5, 0.6) is 11.5 Å². The van der Waals surface area contributed by atoms with Crippen molar-refractivity contribution < 1.29 is 23.9 Å². The van der Waals surface area contributed by atoms with Crippen molar-refractivity contribution in [2.75, 3.05) is 23.8 Å². The molecular formula is C28H30N4O5. The summed E-state index contributed by atoms with van der Waals surface area (Å²) in [4.78, 5) is 36.4. The van der Waals surface area contributed by atoms with E-state index < -0.39 is 11.8 Å². The number of hydrogen-bond acceptors (Lipinski definition) is 6. The summed E-state index contributed by atoms with van der Waals surface area (Å²) in [6, 6.07) is 17.7. The molecule has 0 heterocycles. The van der Waals surface area contributed by atoms with E-state index in [9.17, 15) is 14.4 Å². The SMILES string of the molecule is CCOc1cc(/C=N\NC(=O)C(=O)Nc2ccc(C)cc2)ccc1OCC(=O)Nc1ccc(C)c(C)c1. The van der Waals surface area contributed by atoms with Crippen molar-refractivity contribution in [2.24, 2.45) is 5.10 Å². The van der Waals surface area contributed by atoms with Gasteiger partial charge in [-0.2, -0.15) is 5.10 Å². The van der Waals surface area contributed by atoms with Crippen molar-refractivity contribution >= 4 is 35.3 Å². The van der Waals surface area contributed by atoms with Gasteiger partial charge in [-0.05, 0) is 86.8 Å². The number of ether oxygens (including phenoxy) is 2. The molecule has 3 rings (SSSR count). The van der Waals surface area contributed by atoms with Gasteiger partial charge in [-0.25, -0.2) is 5.43 Å². The molecule has 0 saturated carbocycles. The Morgan fingerprint density at radius 2 is 1.51 bits per heavy atom. The molecule has 0 radical (unpaired) electrons. The standard InChI is InChI=1S/C28H30N4O5/c1-5-36-25-15-21(16-29-32-28(35)27(34)31-22-10-6-18(2)7-11-22)9-13-24(25)37-17-26(33)30-23-12-8-19(3)20(4)14-23/h6-16H,5,17H2,1-4H3,(H,30,33)(H,31,34)(H,32,35)/b29-16-. The lowest BCUT2D eigenvalue weighted by Crippen LogP contribution is -2.32. The number of nitrogens with zero attached hydrogens (tertiary/aromatic N) is 1. The summed E-state index contributed by atoms with van der Waals surface area (Å²) in [6.45, 7) is 7.90. The van der Waals surface area contributed by atoms with Crippen LogP contribution in [-0.2, 0) is 14.4 Å². The molecule has 9 nitrogen and oxygen atoms in total. The van der Waals surface area contributed by atoms with Gasteiger partial charge < -0.3 is 20.1 Å². The maximum Gasteiger partial charge on any atom is 0.329 e. The molecule has 192 valence electrons. The Bertz CT molecular complexity index is 1300. The number of aryl methyl sites for hydroxylation is 3. The van der Waals surface area contributed by atoms with Gasteiger partial charge in [0.2, 0.25) is 0 Å². The van der Waals surface area contributed by atoms with Gasteiger partial charge in [-0.1, -0.05) is 23.8 Å². The van der Waals surface area contributed by atoms with Gasteiger partial charge >= 0.3 is 11.8 Å². The average molecular weight is 503 g/mol. The van der Waals surface area contributed by atoms with E-state index in [1.54, 1.807) is 30.3 Å². The van der Waals surface area contributed by atoms with E-state index in [0.29, 0.717) is 35.0 Å². The fourth-order valence-corrected chi connectivity index (χ4v) is 3.19. The molecule has 0 aromatic heterocycles. The zero-order valence-electron chi connectivity index (χ0n) is 21.3. The molecule has 0 spiro atoms. The molecule has 3 aromatic rings. The Hall–Kier alpha value is -4.66. The highest BCUT2D eigenvalue weighted by Crippen LogP contribution is 2.28. The predicted octanol–water partition coefficient (Wildman–Crippen LogP) is 4.12. The minimum Gasteiger partial charge on any atom is -0.490 e. The zero-order chi connectivity index (χ0) is 26.8. The number of carbonyl (C=O) groups is 3. The number of anilines is 2. The van der Waals surface area contributed by atoms with E-state index in [2.05, 4.69) is 21.2 Å². The van der Waals surface area contributed by atoms with Gasteiger partial charge in [0.25, 0.3) is 5.91 Å². The second-order valence-corrected chi connectivity index (χ2v) is 8.29. The molecule has 3 amide bonds. The number of hydrazone groups is 1. The quantitative estimate of drug-likeness (QED) is 0.231. The van der Waals surface area contributed by atoms with Crippen LogP contribution in [0.3, 0.4) is 0 Å². The van der Waals surface area contributed by atoms with E-state index in [-0.39, 0.29) is 12.5 Å². The largest absolute Gasteiger partial charge is 0.490 e. The van der Waals surface area contributed by atoms with Crippen LogP contribution in [0, 0.1) is 20.8 Å². The van der Waals surface area contributed by atoms with Crippen molar-refractivity contribution in [1.82, 2.24) is 5.43 Å². The molecule has 0 aliphatic rings. The number of rotatable bonds is 9. The van der Waals surface area contributed by atoms with Crippen molar-refractivity contribution in [3.8, 4) is 11.5 Å². The minimum atomic E-state index is -0.906. The van der Waals surface area contributed by atoms with Gasteiger partial charge in [-0.3, -0.25) is 14.4 Å². The maximum absolute atomic E-state index is 12.3. The number of benzene rings is 3. The third-order valence-corrected chi connectivity index (χ3v) is 5.31. The number of nitrogens with one attached hydrogen (secondary N) is 3. The van der Waals surface area contributed by atoms with Crippen molar-refractivity contribution in [1.29, 1.82) is 0 Å². The molecule has 0 bridgehead atoms. The van der Waals surface area contributed by atoms with E-state index >= 15 is 0 Å². The predicted molar refractivity (Wildman–Crippen MR) is 143 cm³/mol. The summed E-state index contributed by atoms with van der Waals surface area (Å²) in [5.41, 5.74) is 7.25. The lowest BCUT2D eigenvalue weighted by Gasteiger charge is -2.13. The summed E-state index contributed by atoms with van der Waals surface area (Å²) >= 11 is 0. The third kappa shape index (κ3) is 8.21. The number of hydrogen-bond donors (Lipinski definition) is 3. The van der Waals surface area contributed by atoms with Gasteiger partial charge in [-0.15, -0.1) is 0 Å². The van der Waals surface area contributed by atoms with Crippen LogP contribution in [-0.4, -0.2) is 37.1 Å². The number of carbonyl (C=O) groups excluding carboxylic acids is 3. The van der Waals surface area contributed by atoms with Crippen LogP contribution < -0.4 is 25.5 Å². The van der Waals surface area contributed by atoms with E-state index in [1.807, 2.05) is 58.0 Å². The van der Waals surface area contributed by atoms with Gasteiger partial charge in [0, 0.05) is 11.4 Å². The lowest BCUT2D eigenvalue weighted by molar-refractivity contribution is -0.136. The Morgan fingerprint density at radius 3 is 2.22 bits per heavy atom. The molecule has 0 aliphatic heterocycles. The van der Waals surface area contributed by atoms with Crippen LogP contribution in [0.2, 0.25) is 0 Å². The molecule has 0 atom stereocenters. The molecule has 0 saturated heterocycles. The summed E-state index contributed by atoms with van der Waals surface area (Å²) in [7, 11) is 0. The highest BCUT2D eigenvalue weighted by atomic mass is 16.5. The van der Waals surface area contributed by atoms with Crippen molar-refractivity contribution in [3.05, 3.63) is 82.9 Å². The third-order valence-electron chi connectivity index (χ3n) is 5.31. The smallest absolute Gasteiger partial charge is 0.329 e. The highest BCUT2D eigenvalue weighted by Gasteiger charge is 2.13. The average Bonchev–Trinajstić information content (AvgIpc) is 2.87. The first-order valence-electron chi connectivity index (χ1n) is 11.7. The summed E-state index contributed by atoms with van der Waals surface area (Å²) < 4.78 is 11.3. The zero-order valence-corrected chi connectivity index (χ0v) is 21.3. The number of amides is 3. The first-order chi connectivity index (χ1) is 17.7. The van der Waals surface area contributed by atoms with Crippen LogP contribution in [0.25, 0.3) is 0 Å². The Kier molecular flexibility index (Phi) is 9.37. The summed E-state index contributed by atoms with van der Waals surface area (Å²) in [5, 5.41) is 9.15. The molecule has 9 heteroatoms. The maximum atomic E-state index is 12.3. The molecule has 0 fully saturated rings. The Labute approximate surface area is 215 Å². The van der Waals surface area contributed by atoms with E-state index in [4.69, 9.17) is 9.47 Å². The topological polar surface area (TPSA) is 118 Å². The van der Waals surface area contributed by atoms with E-state index in [0.717, 1.165) is 16.7 Å². The first kappa shape index (κ1) is 26.9. The lowest BCUT2D eigenvalue weighted by atomic mass is 10.1. The molecule has 0 unspecified atom stereocenters. The fourth-order valence-electron chi connectivity index (χ4n) is 3.19. The molecule has 0 aliphatic carbocycles. The molecule has 3 aromatic carbocycles. The summed E-state index contributed by atoms with van der Waals surface area (Å²) in [5.74, 6) is -1.25. The van der Waals surface area contributed by atoms with Crippen LogP contribution in [0.4, 0.5) is 11.4 Å².